The van der Waals surface area contributed by atoms with Gasteiger partial charge in [-0.3, -0.25) is 15.2 Å². The molecular formula is C26H28F3N9O4S. The zero-order chi connectivity index (χ0) is 30.4. The van der Waals surface area contributed by atoms with Gasteiger partial charge in [-0.15, -0.1) is 16.4 Å². The molecule has 0 spiro atoms. The molecule has 4 N–H and O–H groups in total. The first kappa shape index (κ1) is 30.3. The second-order valence-electron chi connectivity index (χ2n) is 9.40. The van der Waals surface area contributed by atoms with Crippen molar-refractivity contribution in [3.63, 3.8) is 0 Å². The molecule has 0 aliphatic carbocycles. The largest absolute Gasteiger partial charge is 0.434 e. The van der Waals surface area contributed by atoms with Crippen molar-refractivity contribution in [2.75, 3.05) is 51.3 Å². The predicted molar refractivity (Wildman–Crippen MR) is 151 cm³/mol. The number of morpholine rings is 1. The zero-order valence-corrected chi connectivity index (χ0v) is 23.8. The van der Waals surface area contributed by atoms with Crippen LogP contribution in [0.15, 0.2) is 39.9 Å². The molecule has 228 valence electrons. The molecule has 5 heterocycles. The SMILES string of the molecule is CCNC(=O)Nc1cc(-c2nc(C(F)(F)F)c(CNCCN3CCOCC3)s2)c(-c2cncc(-c3n[nH]c(=O)o3)c2)cn1. The summed E-state index contributed by atoms with van der Waals surface area (Å²) in [5, 5.41) is 14.3. The molecule has 0 unspecified atom stereocenters. The van der Waals surface area contributed by atoms with Gasteiger partial charge in [-0.1, -0.05) is 0 Å². The number of carbonyl (C=O) groups is 1. The first-order valence-electron chi connectivity index (χ1n) is 13.4. The van der Waals surface area contributed by atoms with Crippen LogP contribution in [0.4, 0.5) is 23.8 Å². The van der Waals surface area contributed by atoms with Crippen LogP contribution in [0.1, 0.15) is 17.5 Å². The fourth-order valence-electron chi connectivity index (χ4n) is 4.38. The minimum atomic E-state index is -4.69. The highest BCUT2D eigenvalue weighted by atomic mass is 32.1. The first-order chi connectivity index (χ1) is 20.7. The van der Waals surface area contributed by atoms with Gasteiger partial charge in [-0.25, -0.2) is 24.7 Å². The first-order valence-corrected chi connectivity index (χ1v) is 14.2. The number of alkyl halides is 3. The summed E-state index contributed by atoms with van der Waals surface area (Å²) in [6.45, 7) is 6.07. The average Bonchev–Trinajstić information content (AvgIpc) is 3.63. The Hall–Kier alpha value is -4.19. The maximum Gasteiger partial charge on any atom is 0.434 e. The number of thiazole rings is 1. The molecule has 0 aromatic carbocycles. The van der Waals surface area contributed by atoms with E-state index >= 15 is 0 Å². The Kier molecular flexibility index (Phi) is 9.44. The van der Waals surface area contributed by atoms with Crippen LogP contribution in [0, 0.1) is 0 Å². The van der Waals surface area contributed by atoms with Gasteiger partial charge < -0.3 is 19.8 Å². The molecule has 13 nitrogen and oxygen atoms in total. The van der Waals surface area contributed by atoms with E-state index in [1.807, 2.05) is 0 Å². The number of urea groups is 1. The highest BCUT2D eigenvalue weighted by molar-refractivity contribution is 7.15. The summed E-state index contributed by atoms with van der Waals surface area (Å²) >= 11 is 0.895. The monoisotopic (exact) mass is 619 g/mol. The molecule has 0 atom stereocenters. The van der Waals surface area contributed by atoms with Gasteiger partial charge in [0.25, 0.3) is 5.89 Å². The fourth-order valence-corrected chi connectivity index (χ4v) is 5.46. The molecule has 1 fully saturated rings. The predicted octanol–water partition coefficient (Wildman–Crippen LogP) is 3.19. The number of halogens is 3. The zero-order valence-electron chi connectivity index (χ0n) is 23.0. The molecule has 17 heteroatoms. The summed E-state index contributed by atoms with van der Waals surface area (Å²) in [6, 6.07) is 2.54. The number of ether oxygens (including phenoxy) is 1. The van der Waals surface area contributed by atoms with Crippen molar-refractivity contribution >= 4 is 23.2 Å². The number of amides is 2. The van der Waals surface area contributed by atoms with E-state index in [9.17, 15) is 22.8 Å². The van der Waals surface area contributed by atoms with Crippen LogP contribution in [0.25, 0.3) is 33.2 Å². The number of anilines is 1. The Morgan fingerprint density at radius 1 is 1.14 bits per heavy atom. The topological polar surface area (TPSA) is 163 Å². The maximum absolute atomic E-state index is 14.1. The van der Waals surface area contributed by atoms with E-state index in [4.69, 9.17) is 9.15 Å². The maximum atomic E-state index is 14.1. The highest BCUT2D eigenvalue weighted by Crippen LogP contribution is 2.41. The summed E-state index contributed by atoms with van der Waals surface area (Å²) in [4.78, 5) is 38.3. The molecule has 43 heavy (non-hydrogen) atoms. The number of carbonyl (C=O) groups excluding carboxylic acids is 1. The van der Waals surface area contributed by atoms with Crippen LogP contribution in [0.2, 0.25) is 0 Å². The van der Waals surface area contributed by atoms with Crippen LogP contribution in [0.5, 0.6) is 0 Å². The summed E-state index contributed by atoms with van der Waals surface area (Å²) in [5.74, 6) is -0.652. The van der Waals surface area contributed by atoms with Crippen molar-refractivity contribution in [2.45, 2.75) is 19.6 Å². The van der Waals surface area contributed by atoms with Crippen LogP contribution >= 0.6 is 11.3 Å². The Balaban J connectivity index is 1.49. The molecule has 0 radical (unpaired) electrons. The fraction of sp³-hybridized carbons (Fsp3) is 0.385. The summed E-state index contributed by atoms with van der Waals surface area (Å²) in [6.07, 6.45) is -0.373. The van der Waals surface area contributed by atoms with Crippen molar-refractivity contribution in [3.05, 3.63) is 51.8 Å². The lowest BCUT2D eigenvalue weighted by Gasteiger charge is -2.26. The third-order valence-electron chi connectivity index (χ3n) is 6.41. The summed E-state index contributed by atoms with van der Waals surface area (Å²) < 4.78 is 52.8. The van der Waals surface area contributed by atoms with Crippen molar-refractivity contribution in [1.82, 2.24) is 40.7 Å². The molecule has 4 aromatic heterocycles. The number of hydrogen-bond donors (Lipinski definition) is 4. The third-order valence-corrected chi connectivity index (χ3v) is 7.50. The number of nitrogens with zero attached hydrogens (tertiary/aromatic N) is 5. The molecule has 2 amide bonds. The second kappa shape index (κ2) is 13.4. The molecule has 1 saturated heterocycles. The van der Waals surface area contributed by atoms with Crippen molar-refractivity contribution in [2.24, 2.45) is 0 Å². The molecule has 1 aliphatic rings. The standard InChI is InChI=1S/C26H28F3N9O4S/c1-2-32-24(39)34-20-10-17(18(13-33-20)15-9-16(12-31-11-15)22-36-37-25(40)42-22)23-35-21(26(27,28)29)19(43-23)14-30-3-4-38-5-7-41-8-6-38/h9-13,30H,2-8,14H2,1H3,(H,37,40)(H2,32,33,34,39). The van der Waals surface area contributed by atoms with Crippen molar-refractivity contribution < 1.29 is 27.1 Å². The van der Waals surface area contributed by atoms with E-state index in [0.29, 0.717) is 55.1 Å². The Morgan fingerprint density at radius 3 is 2.65 bits per heavy atom. The summed E-state index contributed by atoms with van der Waals surface area (Å²) in [5.41, 5.74) is 0.496. The van der Waals surface area contributed by atoms with E-state index in [0.717, 1.165) is 24.4 Å². The number of rotatable bonds is 10. The van der Waals surface area contributed by atoms with Gasteiger partial charge in [-0.2, -0.15) is 13.2 Å². The minimum absolute atomic E-state index is 0.0116. The minimum Gasteiger partial charge on any atom is -0.388 e. The van der Waals surface area contributed by atoms with Crippen LogP contribution < -0.4 is 21.7 Å². The molecule has 0 bridgehead atoms. The van der Waals surface area contributed by atoms with E-state index in [1.165, 1.54) is 24.7 Å². The summed E-state index contributed by atoms with van der Waals surface area (Å²) in [7, 11) is 0. The number of aromatic amines is 1. The quantitative estimate of drug-likeness (QED) is 0.194. The normalized spacial score (nSPS) is 14.1. The molecule has 5 rings (SSSR count). The molecule has 4 aromatic rings. The van der Waals surface area contributed by atoms with Gasteiger partial charge in [-0.05, 0) is 19.1 Å². The van der Waals surface area contributed by atoms with Crippen LogP contribution in [-0.4, -0.2) is 82.0 Å². The smallest absolute Gasteiger partial charge is 0.388 e. The number of pyridine rings is 2. The molecule has 1 aliphatic heterocycles. The van der Waals surface area contributed by atoms with E-state index in [1.54, 1.807) is 13.0 Å². The van der Waals surface area contributed by atoms with Gasteiger partial charge in [0.05, 0.1) is 23.7 Å². The van der Waals surface area contributed by atoms with Crippen LogP contribution in [-0.2, 0) is 17.5 Å². The highest BCUT2D eigenvalue weighted by Gasteiger charge is 2.37. The Bertz CT molecular complexity index is 1620. The van der Waals surface area contributed by atoms with Gasteiger partial charge in [0.1, 0.15) is 10.8 Å². The Labute approximate surface area is 246 Å². The lowest BCUT2D eigenvalue weighted by atomic mass is 10.0. The lowest BCUT2D eigenvalue weighted by molar-refractivity contribution is -0.141. The van der Waals surface area contributed by atoms with E-state index < -0.39 is 23.7 Å². The van der Waals surface area contributed by atoms with E-state index in [-0.39, 0.29) is 28.1 Å². The Morgan fingerprint density at radius 2 is 1.93 bits per heavy atom. The number of aromatic nitrogens is 5. The van der Waals surface area contributed by atoms with E-state index in [2.05, 4.69) is 46.0 Å². The second-order valence-corrected chi connectivity index (χ2v) is 10.5. The molecule has 0 saturated carbocycles. The van der Waals surface area contributed by atoms with Gasteiger partial charge in [0.15, 0.2) is 5.69 Å². The number of hydrogen-bond acceptors (Lipinski definition) is 11. The molecular weight excluding hydrogens is 591 g/mol. The number of H-pyrrole nitrogens is 1. The third kappa shape index (κ3) is 7.61. The average molecular weight is 620 g/mol. The van der Waals surface area contributed by atoms with Crippen molar-refractivity contribution in [3.8, 4) is 33.2 Å². The lowest BCUT2D eigenvalue weighted by Crippen LogP contribution is -2.40. The van der Waals surface area contributed by atoms with Gasteiger partial charge >= 0.3 is 18.0 Å². The van der Waals surface area contributed by atoms with Crippen LogP contribution in [0.3, 0.4) is 0 Å². The van der Waals surface area contributed by atoms with Gasteiger partial charge in [0.2, 0.25) is 0 Å². The van der Waals surface area contributed by atoms with Crippen molar-refractivity contribution in [1.29, 1.82) is 0 Å². The number of nitrogens with one attached hydrogen (secondary N) is 4. The van der Waals surface area contributed by atoms with Gasteiger partial charge in [0, 0.05) is 74.5 Å².